The predicted molar refractivity (Wildman–Crippen MR) is 74.9 cm³/mol. The van der Waals surface area contributed by atoms with E-state index in [4.69, 9.17) is 0 Å². The van der Waals surface area contributed by atoms with Crippen LogP contribution in [-0.2, 0) is 0 Å². The summed E-state index contributed by atoms with van der Waals surface area (Å²) in [5.41, 5.74) is 4.39. The molecule has 1 aromatic carbocycles. The molecule has 1 fully saturated rings. The number of anilines is 1. The SMILES string of the molecule is O=[N+]([O-])c1ccc(-c2n[nH]c3c2N2CCC3CC2)cc1. The predicted octanol–water partition coefficient (Wildman–Crippen LogP) is 2.68. The van der Waals surface area contributed by atoms with Gasteiger partial charge in [-0.3, -0.25) is 15.2 Å². The van der Waals surface area contributed by atoms with E-state index in [9.17, 15) is 10.1 Å². The maximum Gasteiger partial charge on any atom is 0.269 e. The molecule has 0 atom stereocenters. The molecule has 1 N–H and O–H groups in total. The number of nitrogens with zero attached hydrogens (tertiary/aromatic N) is 3. The number of piperidine rings is 1. The molecule has 0 saturated carbocycles. The van der Waals surface area contributed by atoms with Crippen molar-refractivity contribution in [2.75, 3.05) is 18.0 Å². The Hall–Kier alpha value is -2.37. The first-order valence-corrected chi connectivity index (χ1v) is 6.82. The van der Waals surface area contributed by atoms with Crippen molar-refractivity contribution in [1.29, 1.82) is 0 Å². The van der Waals surface area contributed by atoms with Crippen molar-refractivity contribution >= 4 is 11.4 Å². The first kappa shape index (κ1) is 11.5. The molecule has 2 aromatic rings. The fourth-order valence-electron chi connectivity index (χ4n) is 3.29. The quantitative estimate of drug-likeness (QED) is 0.672. The summed E-state index contributed by atoms with van der Waals surface area (Å²) >= 11 is 0. The van der Waals surface area contributed by atoms with Crippen LogP contribution in [0.1, 0.15) is 24.5 Å². The van der Waals surface area contributed by atoms with Crippen LogP contribution in [0, 0.1) is 10.1 Å². The third kappa shape index (κ3) is 1.54. The van der Waals surface area contributed by atoms with Crippen molar-refractivity contribution in [2.45, 2.75) is 18.8 Å². The highest BCUT2D eigenvalue weighted by molar-refractivity contribution is 5.79. The molecule has 0 unspecified atom stereocenters. The zero-order chi connectivity index (χ0) is 13.7. The van der Waals surface area contributed by atoms with Crippen LogP contribution in [0.2, 0.25) is 0 Å². The number of nitro groups is 1. The number of aromatic nitrogens is 2. The van der Waals surface area contributed by atoms with Crippen LogP contribution >= 0.6 is 0 Å². The van der Waals surface area contributed by atoms with Crippen LogP contribution in [0.3, 0.4) is 0 Å². The van der Waals surface area contributed by atoms with Crippen molar-refractivity contribution in [2.24, 2.45) is 0 Å². The number of non-ortho nitro benzene ring substituents is 1. The van der Waals surface area contributed by atoms with E-state index in [1.54, 1.807) is 12.1 Å². The summed E-state index contributed by atoms with van der Waals surface area (Å²) in [7, 11) is 0. The van der Waals surface area contributed by atoms with Crippen LogP contribution in [-0.4, -0.2) is 28.2 Å². The van der Waals surface area contributed by atoms with Gasteiger partial charge in [-0.25, -0.2) is 0 Å². The van der Waals surface area contributed by atoms with Gasteiger partial charge in [0.1, 0.15) is 5.69 Å². The third-order valence-corrected chi connectivity index (χ3v) is 4.34. The normalized spacial score (nSPS) is 17.3. The van der Waals surface area contributed by atoms with Crippen LogP contribution in [0.15, 0.2) is 24.3 Å². The maximum atomic E-state index is 10.7. The molecule has 0 radical (unpaired) electrons. The van der Waals surface area contributed by atoms with E-state index in [0.29, 0.717) is 5.92 Å². The molecule has 6 heteroatoms. The molecule has 2 bridgehead atoms. The van der Waals surface area contributed by atoms with Crippen molar-refractivity contribution < 1.29 is 4.92 Å². The minimum atomic E-state index is -0.380. The van der Waals surface area contributed by atoms with Gasteiger partial charge in [-0.15, -0.1) is 0 Å². The lowest BCUT2D eigenvalue weighted by Gasteiger charge is -2.40. The highest BCUT2D eigenvalue weighted by Gasteiger charge is 2.35. The van der Waals surface area contributed by atoms with Crippen LogP contribution in [0.25, 0.3) is 11.3 Å². The Bertz CT molecular complexity index is 669. The van der Waals surface area contributed by atoms with Gasteiger partial charge in [-0.1, -0.05) is 0 Å². The van der Waals surface area contributed by atoms with Gasteiger partial charge in [0.2, 0.25) is 0 Å². The molecule has 6 nitrogen and oxygen atoms in total. The summed E-state index contributed by atoms with van der Waals surface area (Å²) in [5, 5.41) is 18.3. The van der Waals surface area contributed by atoms with Crippen molar-refractivity contribution in [1.82, 2.24) is 10.2 Å². The van der Waals surface area contributed by atoms with E-state index in [-0.39, 0.29) is 10.6 Å². The Balaban J connectivity index is 1.78. The number of hydrogen-bond donors (Lipinski definition) is 1. The third-order valence-electron chi connectivity index (χ3n) is 4.34. The summed E-state index contributed by atoms with van der Waals surface area (Å²) < 4.78 is 0. The van der Waals surface area contributed by atoms with E-state index in [1.807, 2.05) is 0 Å². The second-order valence-electron chi connectivity index (χ2n) is 5.40. The Labute approximate surface area is 115 Å². The lowest BCUT2D eigenvalue weighted by atomic mass is 9.86. The molecule has 102 valence electrons. The van der Waals surface area contributed by atoms with Gasteiger partial charge in [0, 0.05) is 36.7 Å². The van der Waals surface area contributed by atoms with E-state index in [0.717, 1.165) is 24.3 Å². The van der Waals surface area contributed by atoms with Gasteiger partial charge in [-0.05, 0) is 25.0 Å². The number of benzene rings is 1. The number of H-pyrrole nitrogens is 1. The number of fused-ring (bicyclic) bond motifs is 2. The highest BCUT2D eigenvalue weighted by atomic mass is 16.6. The average molecular weight is 270 g/mol. The second-order valence-corrected chi connectivity index (χ2v) is 5.40. The zero-order valence-corrected chi connectivity index (χ0v) is 10.9. The molecule has 5 rings (SSSR count). The molecule has 0 spiro atoms. The Kier molecular flexibility index (Phi) is 2.33. The minimum absolute atomic E-state index is 0.111. The van der Waals surface area contributed by atoms with Gasteiger partial charge < -0.3 is 4.90 Å². The standard InChI is InChI=1S/C14H14N4O2/c19-18(20)11-3-1-9(2-4-11)12-14-13(16-15-12)10-5-7-17(14)8-6-10/h1-4,10H,5-8H2,(H,15,16). The number of nitrogens with one attached hydrogen (secondary N) is 1. The van der Waals surface area contributed by atoms with E-state index in [1.165, 1.54) is 36.4 Å². The molecular formula is C14H14N4O2. The van der Waals surface area contributed by atoms with Crippen molar-refractivity contribution in [3.63, 3.8) is 0 Å². The monoisotopic (exact) mass is 270 g/mol. The van der Waals surface area contributed by atoms with Gasteiger partial charge >= 0.3 is 0 Å². The Morgan fingerprint density at radius 2 is 1.95 bits per heavy atom. The fraction of sp³-hybridized carbons (Fsp3) is 0.357. The number of aromatic amines is 1. The first-order chi connectivity index (χ1) is 9.74. The lowest BCUT2D eigenvalue weighted by Crippen LogP contribution is -2.38. The van der Waals surface area contributed by atoms with Crippen LogP contribution in [0.5, 0.6) is 0 Å². The first-order valence-electron chi connectivity index (χ1n) is 6.82. The second kappa shape index (κ2) is 4.06. The van der Waals surface area contributed by atoms with E-state index >= 15 is 0 Å². The fourth-order valence-corrected chi connectivity index (χ4v) is 3.29. The van der Waals surface area contributed by atoms with Crippen molar-refractivity contribution in [3.8, 4) is 11.3 Å². The van der Waals surface area contributed by atoms with E-state index < -0.39 is 0 Å². The zero-order valence-electron chi connectivity index (χ0n) is 10.9. The average Bonchev–Trinajstić information content (AvgIpc) is 2.95. The van der Waals surface area contributed by atoms with Gasteiger partial charge in [0.15, 0.2) is 0 Å². The molecule has 0 amide bonds. The molecule has 1 aromatic heterocycles. The molecule has 20 heavy (non-hydrogen) atoms. The summed E-state index contributed by atoms with van der Waals surface area (Å²) in [6, 6.07) is 6.62. The summed E-state index contributed by atoms with van der Waals surface area (Å²) in [6.07, 6.45) is 2.38. The molecule has 4 heterocycles. The summed E-state index contributed by atoms with van der Waals surface area (Å²) in [4.78, 5) is 12.7. The summed E-state index contributed by atoms with van der Waals surface area (Å²) in [5.74, 6) is 0.592. The summed E-state index contributed by atoms with van der Waals surface area (Å²) in [6.45, 7) is 2.16. The smallest absolute Gasteiger partial charge is 0.269 e. The topological polar surface area (TPSA) is 75.1 Å². The lowest BCUT2D eigenvalue weighted by molar-refractivity contribution is -0.384. The molecule has 3 aliphatic rings. The van der Waals surface area contributed by atoms with Gasteiger partial charge in [-0.2, -0.15) is 5.10 Å². The highest BCUT2D eigenvalue weighted by Crippen LogP contribution is 2.45. The Morgan fingerprint density at radius 3 is 2.60 bits per heavy atom. The number of hydrogen-bond acceptors (Lipinski definition) is 4. The molecule has 0 aliphatic carbocycles. The largest absolute Gasteiger partial charge is 0.368 e. The van der Waals surface area contributed by atoms with Gasteiger partial charge in [0.25, 0.3) is 5.69 Å². The molecule has 3 aliphatic heterocycles. The minimum Gasteiger partial charge on any atom is -0.368 e. The molecule has 1 saturated heterocycles. The van der Waals surface area contributed by atoms with Crippen LogP contribution in [0.4, 0.5) is 11.4 Å². The maximum absolute atomic E-state index is 10.7. The number of nitro benzene ring substituents is 1. The Morgan fingerprint density at radius 1 is 1.25 bits per heavy atom. The number of rotatable bonds is 2. The molecular weight excluding hydrogens is 256 g/mol. The van der Waals surface area contributed by atoms with E-state index in [2.05, 4.69) is 15.1 Å². The van der Waals surface area contributed by atoms with Crippen molar-refractivity contribution in [3.05, 3.63) is 40.1 Å². The van der Waals surface area contributed by atoms with Gasteiger partial charge in [0.05, 0.1) is 16.3 Å². The van der Waals surface area contributed by atoms with Crippen LogP contribution < -0.4 is 4.90 Å².